The second kappa shape index (κ2) is 13.6. The second-order valence-electron chi connectivity index (χ2n) is 11.9. The molecule has 15 heteroatoms. The van der Waals surface area contributed by atoms with Crippen molar-refractivity contribution in [2.75, 3.05) is 18.4 Å². The molecule has 0 saturated carbocycles. The van der Waals surface area contributed by atoms with Gasteiger partial charge in [-0.3, -0.25) is 19.2 Å². The molecule has 0 aliphatic carbocycles. The topological polar surface area (TPSA) is 168 Å². The fourth-order valence-electron chi connectivity index (χ4n) is 5.34. The molecule has 1 aliphatic rings. The molecule has 3 N–H and O–H groups in total. The van der Waals surface area contributed by atoms with Gasteiger partial charge in [-0.2, -0.15) is 8.42 Å². The molecule has 0 radical (unpaired) electrons. The normalized spacial score (nSPS) is 17.0. The second-order valence-corrected chi connectivity index (χ2v) is 15.2. The number of likely N-dealkylation sites (tertiary alicyclic amines) is 1. The minimum Gasteiger partial charge on any atom is -0.340 e. The minimum atomic E-state index is -4.41. The van der Waals surface area contributed by atoms with Crippen molar-refractivity contribution in [3.05, 3.63) is 70.2 Å². The Morgan fingerprint density at radius 1 is 1.02 bits per heavy atom. The summed E-state index contributed by atoms with van der Waals surface area (Å²) in [6.07, 6.45) is 0.755. The lowest BCUT2D eigenvalue weighted by molar-refractivity contribution is -0.138. The quantitative estimate of drug-likeness (QED) is 0.286. The molecule has 2 heterocycles. The number of nitrogens with one attached hydrogen (secondary N) is 3. The van der Waals surface area contributed by atoms with Gasteiger partial charge in [-0.25, -0.2) is 4.72 Å². The highest BCUT2D eigenvalue weighted by Gasteiger charge is 2.40. The van der Waals surface area contributed by atoms with E-state index in [0.717, 1.165) is 6.42 Å². The van der Waals surface area contributed by atoms with Gasteiger partial charge in [0, 0.05) is 36.2 Å². The SMILES string of the molecule is CC(=O)Nc1nnc(S(=O)(=O)NC(=O)c2cccc(C(=O)N[C@@H](C(=O)N3CC[C@H](c4ccc(Cl)cc4)C(C)(C)C3)C(C)C)c2)s1. The van der Waals surface area contributed by atoms with Crippen molar-refractivity contribution in [3.63, 3.8) is 0 Å². The molecule has 1 saturated heterocycles. The number of aromatic nitrogens is 2. The van der Waals surface area contributed by atoms with Gasteiger partial charge in [0.15, 0.2) is 0 Å². The summed E-state index contributed by atoms with van der Waals surface area (Å²) in [5.41, 5.74) is 0.913. The number of rotatable bonds is 9. The lowest BCUT2D eigenvalue weighted by atomic mass is 9.70. The molecule has 3 aromatic rings. The number of sulfonamides is 1. The van der Waals surface area contributed by atoms with Crippen molar-refractivity contribution < 1.29 is 27.6 Å². The van der Waals surface area contributed by atoms with E-state index in [0.29, 0.717) is 29.4 Å². The summed E-state index contributed by atoms with van der Waals surface area (Å²) in [5, 5.41) is 12.9. The zero-order chi connectivity index (χ0) is 33.1. The number of carbonyl (C=O) groups excluding carboxylic acids is 4. The fourth-order valence-corrected chi connectivity index (χ4v) is 7.39. The number of benzene rings is 2. The van der Waals surface area contributed by atoms with Crippen LogP contribution in [0.25, 0.3) is 0 Å². The summed E-state index contributed by atoms with van der Waals surface area (Å²) in [4.78, 5) is 52.9. The highest BCUT2D eigenvalue weighted by atomic mass is 35.5. The van der Waals surface area contributed by atoms with E-state index in [4.69, 9.17) is 11.6 Å². The van der Waals surface area contributed by atoms with Crippen molar-refractivity contribution in [1.82, 2.24) is 25.1 Å². The fraction of sp³-hybridized carbons (Fsp3) is 0.400. The van der Waals surface area contributed by atoms with Crippen LogP contribution in [0.1, 0.15) is 73.2 Å². The molecule has 1 aliphatic heterocycles. The molecule has 12 nitrogen and oxygen atoms in total. The van der Waals surface area contributed by atoms with Gasteiger partial charge in [-0.15, -0.1) is 10.2 Å². The van der Waals surface area contributed by atoms with E-state index < -0.39 is 38.1 Å². The van der Waals surface area contributed by atoms with Crippen LogP contribution in [0.3, 0.4) is 0 Å². The molecule has 4 amide bonds. The van der Waals surface area contributed by atoms with E-state index in [9.17, 15) is 27.6 Å². The monoisotopic (exact) mass is 674 g/mol. The van der Waals surface area contributed by atoms with Crippen molar-refractivity contribution in [2.45, 2.75) is 57.3 Å². The van der Waals surface area contributed by atoms with Gasteiger partial charge in [-0.05, 0) is 59.6 Å². The largest absolute Gasteiger partial charge is 0.340 e. The highest BCUT2D eigenvalue weighted by Crippen LogP contribution is 2.42. The Hall–Kier alpha value is -3.88. The predicted octanol–water partition coefficient (Wildman–Crippen LogP) is 4.07. The van der Waals surface area contributed by atoms with E-state index in [-0.39, 0.29) is 39.4 Å². The number of hydrogen-bond donors (Lipinski definition) is 3. The van der Waals surface area contributed by atoms with Crippen LogP contribution in [-0.2, 0) is 19.6 Å². The van der Waals surface area contributed by atoms with Crippen LogP contribution >= 0.6 is 22.9 Å². The molecule has 0 bridgehead atoms. The van der Waals surface area contributed by atoms with Crippen molar-refractivity contribution >= 4 is 61.7 Å². The number of amides is 4. The molecule has 45 heavy (non-hydrogen) atoms. The first-order valence-corrected chi connectivity index (χ1v) is 16.9. The van der Waals surface area contributed by atoms with Crippen LogP contribution in [0.4, 0.5) is 5.13 Å². The summed E-state index contributed by atoms with van der Waals surface area (Å²) in [5.74, 6) is -2.24. The van der Waals surface area contributed by atoms with Gasteiger partial charge < -0.3 is 15.5 Å². The van der Waals surface area contributed by atoms with Gasteiger partial charge in [0.05, 0.1) is 0 Å². The molecule has 2 aromatic carbocycles. The summed E-state index contributed by atoms with van der Waals surface area (Å²) >= 11 is 6.65. The maximum absolute atomic E-state index is 13.7. The smallest absolute Gasteiger partial charge is 0.293 e. The van der Waals surface area contributed by atoms with Crippen molar-refractivity contribution in [3.8, 4) is 0 Å². The molecular weight excluding hydrogens is 640 g/mol. The standard InChI is InChI=1S/C30H35ClN6O6S2/c1-17(2)24(27(41)37-14-13-23(30(4,5)16-37)19-9-11-22(31)12-10-19)33-25(39)20-7-6-8-21(15-20)26(40)36-45(42,43)29-35-34-28(44-29)32-18(3)38/h6-12,15,17,23-24H,13-14,16H2,1-5H3,(H,33,39)(H,36,40)(H,32,34,38)/t23-,24-/m1/s1. The zero-order valence-electron chi connectivity index (χ0n) is 25.5. The van der Waals surface area contributed by atoms with Crippen LogP contribution in [0.2, 0.25) is 5.02 Å². The minimum absolute atomic E-state index is 0.0438. The first kappa shape index (κ1) is 34.0. The maximum atomic E-state index is 13.7. The third-order valence-electron chi connectivity index (χ3n) is 7.57. The average molecular weight is 675 g/mol. The van der Waals surface area contributed by atoms with Crippen LogP contribution < -0.4 is 15.4 Å². The third-order valence-corrected chi connectivity index (χ3v) is 10.4. The number of hydrogen-bond acceptors (Lipinski definition) is 9. The van der Waals surface area contributed by atoms with E-state index in [1.54, 1.807) is 4.90 Å². The number of anilines is 1. The van der Waals surface area contributed by atoms with Crippen molar-refractivity contribution in [2.24, 2.45) is 11.3 Å². The molecular formula is C30H35ClN6O6S2. The Kier molecular flexibility index (Phi) is 10.3. The highest BCUT2D eigenvalue weighted by molar-refractivity contribution is 7.92. The van der Waals surface area contributed by atoms with Crippen LogP contribution in [-0.4, -0.2) is 66.3 Å². The Labute approximate surface area is 271 Å². The van der Waals surface area contributed by atoms with Gasteiger partial charge in [-0.1, -0.05) is 68.8 Å². The Balaban J connectivity index is 1.43. The molecule has 2 atom stereocenters. The molecule has 1 fully saturated rings. The summed E-state index contributed by atoms with van der Waals surface area (Å²) in [6.45, 7) is 10.2. The maximum Gasteiger partial charge on any atom is 0.293 e. The Morgan fingerprint density at radius 3 is 2.27 bits per heavy atom. The summed E-state index contributed by atoms with van der Waals surface area (Å²) < 4.78 is 26.7. The van der Waals surface area contributed by atoms with Crippen LogP contribution in [0, 0.1) is 11.3 Å². The van der Waals surface area contributed by atoms with E-state index in [1.165, 1.54) is 36.8 Å². The number of halogens is 1. The third kappa shape index (κ3) is 8.24. The first-order chi connectivity index (χ1) is 21.1. The number of nitrogens with zero attached hydrogens (tertiary/aromatic N) is 3. The van der Waals surface area contributed by atoms with Crippen LogP contribution in [0.5, 0.6) is 0 Å². The number of carbonyl (C=O) groups is 4. The van der Waals surface area contributed by atoms with E-state index >= 15 is 0 Å². The van der Waals surface area contributed by atoms with Gasteiger partial charge in [0.1, 0.15) is 6.04 Å². The molecule has 0 spiro atoms. The lowest BCUT2D eigenvalue weighted by Crippen LogP contribution is -2.55. The summed E-state index contributed by atoms with van der Waals surface area (Å²) in [6, 6.07) is 12.5. The number of piperidine rings is 1. The Bertz CT molecular complexity index is 1710. The predicted molar refractivity (Wildman–Crippen MR) is 171 cm³/mol. The molecule has 240 valence electrons. The molecule has 1 aromatic heterocycles. The van der Waals surface area contributed by atoms with Crippen LogP contribution in [0.15, 0.2) is 52.9 Å². The first-order valence-electron chi connectivity index (χ1n) is 14.2. The molecule has 4 rings (SSSR count). The Morgan fingerprint density at radius 2 is 1.67 bits per heavy atom. The average Bonchev–Trinajstić information content (AvgIpc) is 3.44. The van der Waals surface area contributed by atoms with E-state index in [1.807, 2.05) is 42.8 Å². The van der Waals surface area contributed by atoms with Gasteiger partial charge in [0.2, 0.25) is 16.9 Å². The van der Waals surface area contributed by atoms with Crippen molar-refractivity contribution in [1.29, 1.82) is 0 Å². The van der Waals surface area contributed by atoms with Gasteiger partial charge >= 0.3 is 0 Å². The zero-order valence-corrected chi connectivity index (χ0v) is 27.8. The van der Waals surface area contributed by atoms with Gasteiger partial charge in [0.25, 0.3) is 26.2 Å². The summed E-state index contributed by atoms with van der Waals surface area (Å²) in [7, 11) is -4.41. The molecule has 0 unspecified atom stereocenters. The lowest BCUT2D eigenvalue weighted by Gasteiger charge is -2.45. The van der Waals surface area contributed by atoms with E-state index in [2.05, 4.69) is 34.7 Å².